The van der Waals surface area contributed by atoms with Crippen LogP contribution in [-0.4, -0.2) is 33.2 Å². The molecular formula is C12H18N2OS. The highest BCUT2D eigenvalue weighted by atomic mass is 32.1. The Hall–Kier alpha value is -0.450. The van der Waals surface area contributed by atoms with E-state index in [1.807, 2.05) is 5.51 Å². The molecule has 2 unspecified atom stereocenters. The highest BCUT2D eigenvalue weighted by molar-refractivity contribution is 7.09. The van der Waals surface area contributed by atoms with Gasteiger partial charge in [-0.1, -0.05) is 0 Å². The van der Waals surface area contributed by atoms with E-state index >= 15 is 0 Å². The van der Waals surface area contributed by atoms with Crippen molar-refractivity contribution in [3.8, 4) is 0 Å². The topological polar surface area (TPSA) is 36.4 Å². The number of fused-ring (bicyclic) bond motifs is 2. The maximum Gasteiger partial charge on any atom is 0.0798 e. The van der Waals surface area contributed by atoms with E-state index in [2.05, 4.69) is 16.8 Å². The van der Waals surface area contributed by atoms with Crippen LogP contribution in [0.15, 0.2) is 5.51 Å². The highest BCUT2D eigenvalue weighted by Crippen LogP contribution is 2.37. The van der Waals surface area contributed by atoms with Gasteiger partial charge in [-0.3, -0.25) is 4.90 Å². The van der Waals surface area contributed by atoms with Crippen LogP contribution in [0.3, 0.4) is 0 Å². The molecule has 2 aliphatic rings. The molecule has 2 fully saturated rings. The third-order valence-electron chi connectivity index (χ3n) is 4.03. The summed E-state index contributed by atoms with van der Waals surface area (Å²) >= 11 is 1.76. The van der Waals surface area contributed by atoms with Gasteiger partial charge in [-0.05, 0) is 32.6 Å². The lowest BCUT2D eigenvalue weighted by atomic mass is 10.00. The van der Waals surface area contributed by atoms with Crippen LogP contribution in [0.1, 0.15) is 36.3 Å². The fourth-order valence-electron chi connectivity index (χ4n) is 3.15. The van der Waals surface area contributed by atoms with Crippen LogP contribution in [0.5, 0.6) is 0 Å². The maximum atomic E-state index is 9.75. The number of piperidine rings is 1. The number of aryl methyl sites for hydroxylation is 1. The number of nitrogens with zero attached hydrogens (tertiary/aromatic N) is 2. The van der Waals surface area contributed by atoms with Crippen LogP contribution >= 0.6 is 11.3 Å². The van der Waals surface area contributed by atoms with Crippen LogP contribution in [0.25, 0.3) is 0 Å². The third-order valence-corrected chi connectivity index (χ3v) is 4.95. The van der Waals surface area contributed by atoms with Crippen LogP contribution in [0.4, 0.5) is 0 Å². The van der Waals surface area contributed by atoms with E-state index in [1.165, 1.54) is 23.4 Å². The van der Waals surface area contributed by atoms with Crippen LogP contribution in [0, 0.1) is 6.92 Å². The lowest BCUT2D eigenvalue weighted by Gasteiger charge is -2.36. The normalized spacial score (nSPS) is 34.5. The average molecular weight is 238 g/mol. The molecule has 2 saturated heterocycles. The van der Waals surface area contributed by atoms with Crippen molar-refractivity contribution in [3.63, 3.8) is 0 Å². The summed E-state index contributed by atoms with van der Waals surface area (Å²) in [6, 6.07) is 1.21. The predicted octanol–water partition coefficient (Wildman–Crippen LogP) is 1.94. The largest absolute Gasteiger partial charge is 0.393 e. The van der Waals surface area contributed by atoms with Crippen molar-refractivity contribution in [2.24, 2.45) is 0 Å². The number of hydrogen-bond donors (Lipinski definition) is 1. The van der Waals surface area contributed by atoms with Gasteiger partial charge in [-0.2, -0.15) is 0 Å². The van der Waals surface area contributed by atoms with Gasteiger partial charge in [0.1, 0.15) is 0 Å². The molecule has 0 aromatic carbocycles. The van der Waals surface area contributed by atoms with Gasteiger partial charge >= 0.3 is 0 Å². The van der Waals surface area contributed by atoms with E-state index in [4.69, 9.17) is 0 Å². The summed E-state index contributed by atoms with van der Waals surface area (Å²) in [4.78, 5) is 8.30. The Labute approximate surface area is 100 Å². The van der Waals surface area contributed by atoms with E-state index in [1.54, 1.807) is 11.3 Å². The predicted molar refractivity (Wildman–Crippen MR) is 64.4 cm³/mol. The van der Waals surface area contributed by atoms with Gasteiger partial charge in [0.2, 0.25) is 0 Å². The number of aliphatic hydroxyl groups is 1. The van der Waals surface area contributed by atoms with Crippen molar-refractivity contribution >= 4 is 11.3 Å². The fourth-order valence-corrected chi connectivity index (χ4v) is 3.93. The minimum absolute atomic E-state index is 0.0590. The summed E-state index contributed by atoms with van der Waals surface area (Å²) in [5, 5.41) is 9.75. The molecule has 0 saturated carbocycles. The minimum atomic E-state index is -0.0590. The molecule has 16 heavy (non-hydrogen) atoms. The first-order valence-electron chi connectivity index (χ1n) is 6.07. The van der Waals surface area contributed by atoms with Gasteiger partial charge in [0.15, 0.2) is 0 Å². The Morgan fingerprint density at radius 3 is 2.69 bits per heavy atom. The van der Waals surface area contributed by atoms with Gasteiger partial charge in [-0.25, -0.2) is 4.98 Å². The first-order chi connectivity index (χ1) is 7.74. The Morgan fingerprint density at radius 1 is 1.44 bits per heavy atom. The number of aromatic nitrogens is 1. The molecule has 0 spiro atoms. The molecule has 2 atom stereocenters. The summed E-state index contributed by atoms with van der Waals surface area (Å²) in [7, 11) is 0. The lowest BCUT2D eigenvalue weighted by molar-refractivity contribution is 0.0314. The van der Waals surface area contributed by atoms with Gasteiger partial charge < -0.3 is 5.11 Å². The number of rotatable bonds is 2. The van der Waals surface area contributed by atoms with Crippen molar-refractivity contribution in [3.05, 3.63) is 16.1 Å². The third kappa shape index (κ3) is 1.79. The molecule has 3 heterocycles. The van der Waals surface area contributed by atoms with Crippen molar-refractivity contribution in [1.82, 2.24) is 9.88 Å². The Balaban J connectivity index is 1.75. The summed E-state index contributed by atoms with van der Waals surface area (Å²) in [5.74, 6) is 0. The zero-order valence-electron chi connectivity index (χ0n) is 9.59. The molecule has 0 radical (unpaired) electrons. The fraction of sp³-hybridized carbons (Fsp3) is 0.750. The lowest BCUT2D eigenvalue weighted by Crippen LogP contribution is -2.43. The number of thiazole rings is 1. The monoisotopic (exact) mass is 238 g/mol. The molecule has 1 aromatic rings. The molecule has 2 bridgehead atoms. The van der Waals surface area contributed by atoms with Crippen LogP contribution < -0.4 is 0 Å². The van der Waals surface area contributed by atoms with Crippen molar-refractivity contribution in [1.29, 1.82) is 0 Å². The summed E-state index contributed by atoms with van der Waals surface area (Å²) in [6.07, 6.45) is 4.40. The van der Waals surface area contributed by atoms with Gasteiger partial charge in [0, 0.05) is 23.5 Å². The highest BCUT2D eigenvalue weighted by Gasteiger charge is 2.40. The van der Waals surface area contributed by atoms with Gasteiger partial charge in [0.25, 0.3) is 0 Å². The molecule has 2 aliphatic heterocycles. The quantitative estimate of drug-likeness (QED) is 0.855. The van der Waals surface area contributed by atoms with E-state index in [0.29, 0.717) is 12.1 Å². The van der Waals surface area contributed by atoms with E-state index in [9.17, 15) is 5.11 Å². The van der Waals surface area contributed by atoms with Gasteiger partial charge in [-0.15, -0.1) is 11.3 Å². The second-order valence-corrected chi connectivity index (χ2v) is 5.98. The zero-order chi connectivity index (χ0) is 11.1. The summed E-state index contributed by atoms with van der Waals surface area (Å²) in [6.45, 7) is 3.13. The number of hydrogen-bond acceptors (Lipinski definition) is 4. The molecule has 1 aromatic heterocycles. The number of aliphatic hydroxyl groups excluding tert-OH is 1. The Kier molecular flexibility index (Phi) is 2.73. The summed E-state index contributed by atoms with van der Waals surface area (Å²) < 4.78 is 0. The standard InChI is InChI=1S/C12H18N2OS/c1-8-12(16-7-13-8)6-14-9-2-3-10(14)5-11(15)4-9/h7,9-11,15H,2-6H2,1H3. The second-order valence-electron chi connectivity index (χ2n) is 5.04. The Bertz CT molecular complexity index is 365. The first kappa shape index (κ1) is 10.7. The van der Waals surface area contributed by atoms with Crippen LogP contribution in [-0.2, 0) is 6.54 Å². The SMILES string of the molecule is Cc1ncsc1CN1C2CCC1CC(O)C2. The zero-order valence-corrected chi connectivity index (χ0v) is 10.4. The first-order valence-corrected chi connectivity index (χ1v) is 6.95. The molecule has 88 valence electrons. The van der Waals surface area contributed by atoms with Crippen molar-refractivity contribution in [2.75, 3.05) is 0 Å². The smallest absolute Gasteiger partial charge is 0.0798 e. The Morgan fingerprint density at radius 2 is 2.12 bits per heavy atom. The van der Waals surface area contributed by atoms with E-state index in [0.717, 1.165) is 19.4 Å². The molecule has 3 rings (SSSR count). The minimum Gasteiger partial charge on any atom is -0.393 e. The molecule has 3 nitrogen and oxygen atoms in total. The molecule has 0 amide bonds. The average Bonchev–Trinajstić information content (AvgIpc) is 2.73. The molecule has 1 N–H and O–H groups in total. The van der Waals surface area contributed by atoms with Crippen LogP contribution in [0.2, 0.25) is 0 Å². The maximum absolute atomic E-state index is 9.75. The van der Waals surface area contributed by atoms with E-state index < -0.39 is 0 Å². The summed E-state index contributed by atoms with van der Waals surface area (Å²) in [5.41, 5.74) is 3.11. The molecule has 4 heteroatoms. The van der Waals surface area contributed by atoms with Gasteiger partial charge in [0.05, 0.1) is 17.3 Å². The second kappa shape index (κ2) is 4.09. The van der Waals surface area contributed by atoms with Crippen molar-refractivity contribution in [2.45, 2.75) is 57.3 Å². The van der Waals surface area contributed by atoms with Crippen molar-refractivity contribution < 1.29 is 5.11 Å². The molecule has 0 aliphatic carbocycles. The molecular weight excluding hydrogens is 220 g/mol. The van der Waals surface area contributed by atoms with E-state index in [-0.39, 0.29) is 6.10 Å².